The van der Waals surface area contributed by atoms with E-state index in [4.69, 9.17) is 11.6 Å². The van der Waals surface area contributed by atoms with E-state index in [0.29, 0.717) is 12.6 Å². The van der Waals surface area contributed by atoms with Crippen molar-refractivity contribution in [3.8, 4) is 0 Å². The summed E-state index contributed by atoms with van der Waals surface area (Å²) in [4.78, 5) is 10.6. The number of carbonyl (C=O) groups excluding carboxylic acids is 1. The molecule has 2 N–H and O–H groups in total. The fourth-order valence-electron chi connectivity index (χ4n) is 1.56. The van der Waals surface area contributed by atoms with Gasteiger partial charge in [-0.15, -0.1) is 0 Å². The van der Waals surface area contributed by atoms with Crippen LogP contribution in [0.2, 0.25) is 5.02 Å². The van der Waals surface area contributed by atoms with E-state index in [1.807, 2.05) is 0 Å². The van der Waals surface area contributed by atoms with Gasteiger partial charge >= 0.3 is 6.18 Å². The Balaban J connectivity index is 2.88. The number of halogens is 4. The predicted molar refractivity (Wildman–Crippen MR) is 74.9 cm³/mol. The molecule has 0 fully saturated rings. The Hall–Kier alpha value is -1.32. The fourth-order valence-corrected chi connectivity index (χ4v) is 2.84. The Labute approximate surface area is 130 Å². The lowest BCUT2D eigenvalue weighted by Crippen LogP contribution is -2.30. The van der Waals surface area contributed by atoms with Crippen LogP contribution >= 0.6 is 11.6 Å². The minimum atomic E-state index is -4.76. The van der Waals surface area contributed by atoms with Crippen LogP contribution in [0.1, 0.15) is 18.9 Å². The molecule has 10 heteroatoms. The normalized spacial score (nSPS) is 12.2. The van der Waals surface area contributed by atoms with Crippen molar-refractivity contribution in [2.24, 2.45) is 0 Å². The molecule has 0 bridgehead atoms. The molecular weight excluding hydrogens is 345 g/mol. The molecule has 0 atom stereocenters. The van der Waals surface area contributed by atoms with Crippen LogP contribution in [0.15, 0.2) is 23.1 Å². The summed E-state index contributed by atoms with van der Waals surface area (Å²) in [7, 11) is -4.16. The van der Waals surface area contributed by atoms with E-state index in [1.54, 1.807) is 6.92 Å². The number of benzene rings is 1. The van der Waals surface area contributed by atoms with Crippen molar-refractivity contribution in [2.45, 2.75) is 24.4 Å². The molecule has 124 valence electrons. The third kappa shape index (κ3) is 5.15. The molecule has 0 aromatic heterocycles. The minimum absolute atomic E-state index is 0.118. The van der Waals surface area contributed by atoms with E-state index in [9.17, 15) is 26.4 Å². The van der Waals surface area contributed by atoms with Crippen LogP contribution < -0.4 is 10.0 Å². The van der Waals surface area contributed by atoms with Crippen LogP contribution in [0, 0.1) is 0 Å². The monoisotopic (exact) mass is 358 g/mol. The Morgan fingerprint density at radius 3 is 2.50 bits per heavy atom. The van der Waals surface area contributed by atoms with Crippen molar-refractivity contribution in [1.29, 1.82) is 0 Å². The van der Waals surface area contributed by atoms with Gasteiger partial charge < -0.3 is 5.32 Å². The molecule has 1 rings (SSSR count). The first-order valence-electron chi connectivity index (χ1n) is 6.21. The van der Waals surface area contributed by atoms with Crippen molar-refractivity contribution in [3.63, 3.8) is 0 Å². The van der Waals surface area contributed by atoms with Crippen LogP contribution in [0.4, 0.5) is 13.2 Å². The van der Waals surface area contributed by atoms with E-state index in [-0.39, 0.29) is 18.9 Å². The zero-order valence-electron chi connectivity index (χ0n) is 11.5. The number of carbonyl (C=O) groups is 1. The number of amides is 1. The SMILES string of the molecule is CCNC(=O)CCNS(=O)(=O)c1ccc(Cl)c(C(F)(F)F)c1. The van der Waals surface area contributed by atoms with E-state index < -0.39 is 31.7 Å². The lowest BCUT2D eigenvalue weighted by Gasteiger charge is -2.12. The standard InChI is InChI=1S/C12H14ClF3N2O3S/c1-2-17-11(19)5-6-18-22(20,21)8-3-4-10(13)9(7-8)12(14,15)16/h3-4,7,18H,2,5-6H2,1H3,(H,17,19). The maximum atomic E-state index is 12.7. The third-order valence-corrected chi connectivity index (χ3v) is 4.36. The highest BCUT2D eigenvalue weighted by atomic mass is 35.5. The largest absolute Gasteiger partial charge is 0.417 e. The van der Waals surface area contributed by atoms with Crippen LogP contribution in [0.25, 0.3) is 0 Å². The summed E-state index contributed by atoms with van der Waals surface area (Å²) >= 11 is 5.42. The van der Waals surface area contributed by atoms with Gasteiger partial charge in [0.05, 0.1) is 15.5 Å². The van der Waals surface area contributed by atoms with Crippen molar-refractivity contribution in [1.82, 2.24) is 10.0 Å². The van der Waals surface area contributed by atoms with E-state index >= 15 is 0 Å². The summed E-state index contributed by atoms with van der Waals surface area (Å²) in [5.74, 6) is -0.364. The molecular formula is C12H14ClF3N2O3S. The number of sulfonamides is 1. The fraction of sp³-hybridized carbons (Fsp3) is 0.417. The maximum absolute atomic E-state index is 12.7. The highest BCUT2D eigenvalue weighted by Gasteiger charge is 2.34. The first-order valence-corrected chi connectivity index (χ1v) is 8.07. The first-order chi connectivity index (χ1) is 10.1. The predicted octanol–water partition coefficient (Wildman–Crippen LogP) is 2.16. The molecule has 1 aromatic carbocycles. The lowest BCUT2D eigenvalue weighted by molar-refractivity contribution is -0.137. The van der Waals surface area contributed by atoms with E-state index in [0.717, 1.165) is 12.1 Å². The Morgan fingerprint density at radius 1 is 1.32 bits per heavy atom. The van der Waals surface area contributed by atoms with Gasteiger partial charge in [-0.2, -0.15) is 13.2 Å². The van der Waals surface area contributed by atoms with Crippen LogP contribution in [-0.2, 0) is 21.0 Å². The van der Waals surface area contributed by atoms with Gasteiger partial charge in [-0.1, -0.05) is 11.6 Å². The average molecular weight is 359 g/mol. The smallest absolute Gasteiger partial charge is 0.356 e. The highest BCUT2D eigenvalue weighted by Crippen LogP contribution is 2.35. The summed E-state index contributed by atoms with van der Waals surface area (Å²) < 4.78 is 64.0. The number of rotatable bonds is 6. The molecule has 1 aromatic rings. The van der Waals surface area contributed by atoms with Crippen molar-refractivity contribution < 1.29 is 26.4 Å². The van der Waals surface area contributed by atoms with Crippen molar-refractivity contribution >= 4 is 27.5 Å². The van der Waals surface area contributed by atoms with Gasteiger partial charge in [0, 0.05) is 19.5 Å². The number of hydrogen-bond donors (Lipinski definition) is 2. The number of nitrogens with one attached hydrogen (secondary N) is 2. The van der Waals surface area contributed by atoms with Gasteiger partial charge in [0.2, 0.25) is 15.9 Å². The van der Waals surface area contributed by atoms with Crippen LogP contribution in [0.5, 0.6) is 0 Å². The third-order valence-electron chi connectivity index (χ3n) is 2.57. The second kappa shape index (κ2) is 7.30. The molecule has 0 saturated heterocycles. The molecule has 0 spiro atoms. The zero-order chi connectivity index (χ0) is 17.0. The second-order valence-electron chi connectivity index (χ2n) is 4.24. The average Bonchev–Trinajstić information content (AvgIpc) is 2.37. The zero-order valence-corrected chi connectivity index (χ0v) is 13.1. The van der Waals surface area contributed by atoms with Gasteiger partial charge in [0.1, 0.15) is 0 Å². The molecule has 0 aliphatic carbocycles. The highest BCUT2D eigenvalue weighted by molar-refractivity contribution is 7.89. The summed E-state index contributed by atoms with van der Waals surface area (Å²) in [6, 6.07) is 2.28. The summed E-state index contributed by atoms with van der Waals surface area (Å²) in [6.07, 6.45) is -4.88. The summed E-state index contributed by atoms with van der Waals surface area (Å²) in [5, 5.41) is 1.88. The van der Waals surface area contributed by atoms with Crippen molar-refractivity contribution in [2.75, 3.05) is 13.1 Å². The minimum Gasteiger partial charge on any atom is -0.356 e. The molecule has 0 heterocycles. The van der Waals surface area contributed by atoms with Crippen LogP contribution in [-0.4, -0.2) is 27.4 Å². The van der Waals surface area contributed by atoms with Gasteiger partial charge in [0.15, 0.2) is 0 Å². The van der Waals surface area contributed by atoms with E-state index in [2.05, 4.69) is 10.0 Å². The maximum Gasteiger partial charge on any atom is 0.417 e. The molecule has 0 aliphatic rings. The second-order valence-corrected chi connectivity index (χ2v) is 6.41. The Kier molecular flexibility index (Phi) is 6.21. The van der Waals surface area contributed by atoms with Gasteiger partial charge in [-0.05, 0) is 25.1 Å². The topological polar surface area (TPSA) is 75.3 Å². The molecule has 0 unspecified atom stereocenters. The first kappa shape index (κ1) is 18.7. The lowest BCUT2D eigenvalue weighted by atomic mass is 10.2. The molecule has 0 saturated carbocycles. The van der Waals surface area contributed by atoms with Crippen molar-refractivity contribution in [3.05, 3.63) is 28.8 Å². The number of alkyl halides is 3. The summed E-state index contributed by atoms with van der Waals surface area (Å²) in [6.45, 7) is 1.88. The summed E-state index contributed by atoms with van der Waals surface area (Å²) in [5.41, 5.74) is -1.24. The van der Waals surface area contributed by atoms with Gasteiger partial charge in [0.25, 0.3) is 0 Å². The van der Waals surface area contributed by atoms with E-state index in [1.165, 1.54) is 0 Å². The Bertz CT molecular complexity index is 648. The molecule has 0 aliphatic heterocycles. The molecule has 5 nitrogen and oxygen atoms in total. The van der Waals surface area contributed by atoms with Crippen LogP contribution in [0.3, 0.4) is 0 Å². The van der Waals surface area contributed by atoms with Gasteiger partial charge in [-0.25, -0.2) is 13.1 Å². The van der Waals surface area contributed by atoms with Gasteiger partial charge in [-0.3, -0.25) is 4.79 Å². The quantitative estimate of drug-likeness (QED) is 0.818. The molecule has 0 radical (unpaired) electrons. The molecule has 22 heavy (non-hydrogen) atoms. The molecule has 1 amide bonds. The number of hydrogen-bond acceptors (Lipinski definition) is 3. The Morgan fingerprint density at radius 2 is 1.95 bits per heavy atom.